The highest BCUT2D eigenvalue weighted by molar-refractivity contribution is 7.80. The number of rotatable bonds is 8. The molecule has 0 radical (unpaired) electrons. The van der Waals surface area contributed by atoms with Crippen LogP contribution in [0.2, 0.25) is 0 Å². The highest BCUT2D eigenvalue weighted by Gasteiger charge is 2.22. The van der Waals surface area contributed by atoms with Crippen molar-refractivity contribution in [3.05, 3.63) is 59.7 Å². The molecule has 164 valence electrons. The number of thiocarbonyl (C=S) groups is 1. The Labute approximate surface area is 189 Å². The molecule has 3 rings (SSSR count). The summed E-state index contributed by atoms with van der Waals surface area (Å²) in [5.41, 5.74) is 1.61. The van der Waals surface area contributed by atoms with Gasteiger partial charge in [-0.15, -0.1) is 0 Å². The van der Waals surface area contributed by atoms with Gasteiger partial charge in [0.2, 0.25) is 0 Å². The zero-order valence-corrected chi connectivity index (χ0v) is 18.7. The molecule has 2 aromatic rings. The van der Waals surface area contributed by atoms with Crippen LogP contribution >= 0.6 is 12.2 Å². The van der Waals surface area contributed by atoms with Crippen LogP contribution in [0.15, 0.2) is 48.5 Å². The predicted octanol–water partition coefficient (Wildman–Crippen LogP) is 4.62. The maximum absolute atomic E-state index is 12.8. The normalized spacial score (nSPS) is 13.0. The molecule has 1 heterocycles. The average Bonchev–Trinajstić information content (AvgIpc) is 3.32. The van der Waals surface area contributed by atoms with Gasteiger partial charge in [-0.05, 0) is 67.9 Å². The van der Waals surface area contributed by atoms with Crippen molar-refractivity contribution in [2.24, 2.45) is 0 Å². The summed E-state index contributed by atoms with van der Waals surface area (Å²) in [6, 6.07) is 14.2. The first-order valence-electron chi connectivity index (χ1n) is 10.8. The zero-order chi connectivity index (χ0) is 22.1. The summed E-state index contributed by atoms with van der Waals surface area (Å²) in [6.45, 7) is 4.36. The molecule has 1 aliphatic heterocycles. The van der Waals surface area contributed by atoms with Gasteiger partial charge in [-0.2, -0.15) is 0 Å². The third-order valence-corrected chi connectivity index (χ3v) is 5.36. The molecule has 6 nitrogen and oxygen atoms in total. The molecule has 2 aromatic carbocycles. The van der Waals surface area contributed by atoms with E-state index in [-0.39, 0.29) is 16.9 Å². The second-order valence-corrected chi connectivity index (χ2v) is 7.94. The third kappa shape index (κ3) is 6.52. The number of ether oxygens (including phenoxy) is 1. The van der Waals surface area contributed by atoms with Gasteiger partial charge in [-0.1, -0.05) is 31.9 Å². The highest BCUT2D eigenvalue weighted by atomic mass is 32.1. The van der Waals surface area contributed by atoms with E-state index in [1.807, 2.05) is 17.0 Å². The summed E-state index contributed by atoms with van der Waals surface area (Å²) >= 11 is 5.31. The van der Waals surface area contributed by atoms with Crippen LogP contribution in [0.5, 0.6) is 5.75 Å². The van der Waals surface area contributed by atoms with Gasteiger partial charge in [-0.25, -0.2) is 0 Å². The lowest BCUT2D eigenvalue weighted by atomic mass is 10.1. The molecular weight excluding hydrogens is 410 g/mol. The Hall–Kier alpha value is -2.93. The summed E-state index contributed by atoms with van der Waals surface area (Å²) in [7, 11) is 0. The number of unbranched alkanes of at least 4 members (excludes halogenated alkanes) is 2. The molecule has 0 spiro atoms. The molecule has 0 aliphatic carbocycles. The Bertz CT molecular complexity index is 909. The van der Waals surface area contributed by atoms with Crippen molar-refractivity contribution in [2.75, 3.05) is 25.0 Å². The monoisotopic (exact) mass is 439 g/mol. The average molecular weight is 440 g/mol. The number of amides is 2. The fraction of sp³-hybridized carbons (Fsp3) is 0.375. The number of hydrogen-bond donors (Lipinski definition) is 2. The van der Waals surface area contributed by atoms with Crippen molar-refractivity contribution in [2.45, 2.75) is 39.0 Å². The number of carbonyl (C=O) groups is 2. The van der Waals surface area contributed by atoms with Crippen LogP contribution in [0, 0.1) is 0 Å². The molecule has 2 N–H and O–H groups in total. The lowest BCUT2D eigenvalue weighted by Gasteiger charge is -2.18. The molecule has 7 heteroatoms. The van der Waals surface area contributed by atoms with E-state index in [9.17, 15) is 9.59 Å². The van der Waals surface area contributed by atoms with Crippen LogP contribution in [-0.2, 0) is 0 Å². The first-order valence-corrected chi connectivity index (χ1v) is 11.2. The predicted molar refractivity (Wildman–Crippen MR) is 127 cm³/mol. The third-order valence-electron chi connectivity index (χ3n) is 5.16. The van der Waals surface area contributed by atoms with E-state index >= 15 is 0 Å². The molecule has 1 saturated heterocycles. The van der Waals surface area contributed by atoms with E-state index in [4.69, 9.17) is 17.0 Å². The van der Waals surface area contributed by atoms with Crippen molar-refractivity contribution >= 4 is 34.8 Å². The smallest absolute Gasteiger partial charge is 0.257 e. The lowest BCUT2D eigenvalue weighted by molar-refractivity contribution is 0.0793. The molecule has 0 unspecified atom stereocenters. The van der Waals surface area contributed by atoms with E-state index in [1.165, 1.54) is 0 Å². The summed E-state index contributed by atoms with van der Waals surface area (Å²) < 4.78 is 5.67. The number of para-hydroxylation sites is 1. The number of nitrogens with zero attached hydrogens (tertiary/aromatic N) is 1. The molecule has 31 heavy (non-hydrogen) atoms. The van der Waals surface area contributed by atoms with Crippen LogP contribution < -0.4 is 15.4 Å². The molecule has 2 amide bonds. The number of likely N-dealkylation sites (tertiary alicyclic amines) is 1. The number of carbonyl (C=O) groups excluding carboxylic acids is 2. The Morgan fingerprint density at radius 1 is 1.03 bits per heavy atom. The van der Waals surface area contributed by atoms with Crippen molar-refractivity contribution in [1.82, 2.24) is 10.2 Å². The molecule has 0 aromatic heterocycles. The van der Waals surface area contributed by atoms with Crippen LogP contribution in [0.1, 0.15) is 59.7 Å². The summed E-state index contributed by atoms with van der Waals surface area (Å²) in [5, 5.41) is 5.81. The number of benzene rings is 2. The number of nitrogens with one attached hydrogen (secondary N) is 2. The molecule has 0 atom stereocenters. The second-order valence-electron chi connectivity index (χ2n) is 7.53. The Balaban J connectivity index is 1.56. The topological polar surface area (TPSA) is 70.7 Å². The van der Waals surface area contributed by atoms with Crippen LogP contribution in [-0.4, -0.2) is 41.5 Å². The van der Waals surface area contributed by atoms with Crippen molar-refractivity contribution in [3.8, 4) is 5.75 Å². The highest BCUT2D eigenvalue weighted by Crippen LogP contribution is 2.20. The fourth-order valence-electron chi connectivity index (χ4n) is 3.44. The van der Waals surface area contributed by atoms with Gasteiger partial charge in [0.25, 0.3) is 11.8 Å². The van der Waals surface area contributed by atoms with E-state index in [2.05, 4.69) is 17.6 Å². The van der Waals surface area contributed by atoms with Gasteiger partial charge >= 0.3 is 0 Å². The molecular formula is C24H29N3O3S. The molecule has 0 bridgehead atoms. The minimum atomic E-state index is -0.321. The maximum Gasteiger partial charge on any atom is 0.257 e. The molecule has 0 saturated carbocycles. The fourth-order valence-corrected chi connectivity index (χ4v) is 3.65. The van der Waals surface area contributed by atoms with E-state index in [0.29, 0.717) is 23.4 Å². The first kappa shape index (κ1) is 22.7. The summed E-state index contributed by atoms with van der Waals surface area (Å²) in [5.74, 6) is 0.394. The minimum absolute atomic E-state index is 0.0238. The lowest BCUT2D eigenvalue weighted by Crippen LogP contribution is -2.35. The van der Waals surface area contributed by atoms with Gasteiger partial charge in [0, 0.05) is 18.7 Å². The number of anilines is 1. The number of hydrogen-bond acceptors (Lipinski definition) is 4. The van der Waals surface area contributed by atoms with Crippen molar-refractivity contribution < 1.29 is 14.3 Å². The van der Waals surface area contributed by atoms with E-state index in [0.717, 1.165) is 50.9 Å². The zero-order valence-electron chi connectivity index (χ0n) is 17.9. The molecule has 1 aliphatic rings. The van der Waals surface area contributed by atoms with E-state index in [1.54, 1.807) is 36.4 Å². The molecule has 1 fully saturated rings. The van der Waals surface area contributed by atoms with Crippen LogP contribution in [0.3, 0.4) is 0 Å². The first-order chi connectivity index (χ1) is 15.1. The van der Waals surface area contributed by atoms with Crippen molar-refractivity contribution in [1.29, 1.82) is 0 Å². The Morgan fingerprint density at radius 2 is 1.74 bits per heavy atom. The summed E-state index contributed by atoms with van der Waals surface area (Å²) in [6.07, 6.45) is 5.35. The van der Waals surface area contributed by atoms with Gasteiger partial charge < -0.3 is 15.0 Å². The standard InChI is InChI=1S/C24H29N3O3S/c1-2-3-8-17-30-19-13-11-18(12-14-19)22(28)26-24(31)25-21-10-5-4-9-20(21)23(29)27-15-6-7-16-27/h4-5,9-14H,2-3,6-8,15-17H2,1H3,(H2,25,26,28,31). The van der Waals surface area contributed by atoms with Gasteiger partial charge in [0.05, 0.1) is 17.9 Å². The second kappa shape index (κ2) is 11.5. The van der Waals surface area contributed by atoms with Gasteiger partial charge in [0.1, 0.15) is 5.75 Å². The van der Waals surface area contributed by atoms with Crippen LogP contribution in [0.25, 0.3) is 0 Å². The summed E-state index contributed by atoms with van der Waals surface area (Å²) in [4.78, 5) is 27.2. The van der Waals surface area contributed by atoms with Gasteiger partial charge in [0.15, 0.2) is 5.11 Å². The van der Waals surface area contributed by atoms with Crippen LogP contribution in [0.4, 0.5) is 5.69 Å². The SMILES string of the molecule is CCCCCOc1ccc(C(=O)NC(=S)Nc2ccccc2C(=O)N2CCCC2)cc1. The largest absolute Gasteiger partial charge is 0.494 e. The Kier molecular flexibility index (Phi) is 8.41. The van der Waals surface area contributed by atoms with Gasteiger partial charge in [-0.3, -0.25) is 14.9 Å². The maximum atomic E-state index is 12.8. The minimum Gasteiger partial charge on any atom is -0.494 e. The van der Waals surface area contributed by atoms with E-state index < -0.39 is 0 Å². The quantitative estimate of drug-likeness (QED) is 0.464. The van der Waals surface area contributed by atoms with Crippen molar-refractivity contribution in [3.63, 3.8) is 0 Å². The Morgan fingerprint density at radius 3 is 2.45 bits per heavy atom.